The van der Waals surface area contributed by atoms with Crippen LogP contribution in [0.15, 0.2) is 24.3 Å². The third-order valence-electron chi connectivity index (χ3n) is 3.07. The maximum Gasteiger partial charge on any atom is 0.242 e. The lowest BCUT2D eigenvalue weighted by Crippen LogP contribution is -2.53. The Kier molecular flexibility index (Phi) is 4.20. The van der Waals surface area contributed by atoms with E-state index < -0.39 is 0 Å². The number of carbonyl (C=O) groups is 2. The molecule has 1 saturated heterocycles. The molecule has 6 heteroatoms. The normalized spacial score (nSPS) is 15.2. The second kappa shape index (κ2) is 6.06. The quantitative estimate of drug-likeness (QED) is 0.787. The summed E-state index contributed by atoms with van der Waals surface area (Å²) in [6.07, 6.45) is 0. The Labute approximate surface area is 117 Å². The summed E-state index contributed by atoms with van der Waals surface area (Å²) in [5, 5.41) is 8.78. The molecule has 20 heavy (non-hydrogen) atoms. The first-order valence-corrected chi connectivity index (χ1v) is 6.25. The average molecular weight is 273 g/mol. The lowest BCUT2D eigenvalue weighted by molar-refractivity contribution is -0.149. The molecule has 0 saturated carbocycles. The second-order valence-electron chi connectivity index (χ2n) is 4.55. The third-order valence-corrected chi connectivity index (χ3v) is 3.07. The zero-order valence-electron chi connectivity index (χ0n) is 11.2. The molecule has 0 aliphatic carbocycles. The van der Waals surface area contributed by atoms with Gasteiger partial charge in [0.25, 0.3) is 0 Å². The minimum atomic E-state index is -0.0820. The lowest BCUT2D eigenvalue weighted by Gasteiger charge is -2.31. The van der Waals surface area contributed by atoms with E-state index in [0.29, 0.717) is 17.9 Å². The predicted molar refractivity (Wildman–Crippen MR) is 70.9 cm³/mol. The molecule has 0 aromatic heterocycles. The van der Waals surface area contributed by atoms with Crippen LogP contribution in [0.1, 0.15) is 5.56 Å². The van der Waals surface area contributed by atoms with Gasteiger partial charge in [-0.15, -0.1) is 0 Å². The predicted octanol–water partition coefficient (Wildman–Crippen LogP) is 0.238. The molecule has 2 amide bonds. The molecule has 0 atom stereocenters. The Balaban J connectivity index is 1.85. The minimum absolute atomic E-state index is 0.0731. The first kappa shape index (κ1) is 13.9. The van der Waals surface area contributed by atoms with Crippen LogP contribution in [0.3, 0.4) is 0 Å². The fourth-order valence-electron chi connectivity index (χ4n) is 1.90. The number of ether oxygens (including phenoxy) is 1. The summed E-state index contributed by atoms with van der Waals surface area (Å²) < 4.78 is 5.49. The van der Waals surface area contributed by atoms with Crippen LogP contribution in [0.2, 0.25) is 0 Å². The molecule has 1 aromatic rings. The monoisotopic (exact) mass is 273 g/mol. The number of hydrogen-bond acceptors (Lipinski definition) is 4. The smallest absolute Gasteiger partial charge is 0.242 e. The topological polar surface area (TPSA) is 73.6 Å². The van der Waals surface area contributed by atoms with Gasteiger partial charge in [-0.05, 0) is 18.2 Å². The maximum atomic E-state index is 11.7. The summed E-state index contributed by atoms with van der Waals surface area (Å²) in [5.41, 5.74) is 0.522. The van der Waals surface area contributed by atoms with Gasteiger partial charge < -0.3 is 14.5 Å². The van der Waals surface area contributed by atoms with Crippen LogP contribution in [0.5, 0.6) is 5.75 Å². The molecule has 1 aromatic carbocycles. The SMILES string of the molecule is CN1CC(=O)N(CCOc2cccc(C#N)c2)CC1=O. The van der Waals surface area contributed by atoms with Crippen LogP contribution in [0, 0.1) is 11.3 Å². The van der Waals surface area contributed by atoms with Gasteiger partial charge in [0.15, 0.2) is 0 Å². The minimum Gasteiger partial charge on any atom is -0.492 e. The highest BCUT2D eigenvalue weighted by molar-refractivity contribution is 5.92. The van der Waals surface area contributed by atoms with E-state index in [1.807, 2.05) is 6.07 Å². The highest BCUT2D eigenvalue weighted by Crippen LogP contribution is 2.12. The Hall–Kier alpha value is -2.55. The average Bonchev–Trinajstić information content (AvgIpc) is 2.44. The van der Waals surface area contributed by atoms with Crippen molar-refractivity contribution in [3.63, 3.8) is 0 Å². The molecule has 1 aliphatic heterocycles. The van der Waals surface area contributed by atoms with Crippen molar-refractivity contribution in [2.24, 2.45) is 0 Å². The number of hydrogen-bond donors (Lipinski definition) is 0. The Morgan fingerprint density at radius 1 is 1.30 bits per heavy atom. The number of piperazine rings is 1. The number of rotatable bonds is 4. The van der Waals surface area contributed by atoms with E-state index in [-0.39, 0.29) is 31.5 Å². The van der Waals surface area contributed by atoms with Gasteiger partial charge in [-0.1, -0.05) is 6.07 Å². The van der Waals surface area contributed by atoms with Crippen LogP contribution < -0.4 is 4.74 Å². The Morgan fingerprint density at radius 3 is 2.85 bits per heavy atom. The summed E-state index contributed by atoms with van der Waals surface area (Å²) in [7, 11) is 1.61. The summed E-state index contributed by atoms with van der Waals surface area (Å²) in [5.74, 6) is 0.425. The van der Waals surface area contributed by atoms with Crippen molar-refractivity contribution in [2.45, 2.75) is 0 Å². The first-order chi connectivity index (χ1) is 9.60. The number of nitriles is 1. The lowest BCUT2D eigenvalue weighted by atomic mass is 10.2. The van der Waals surface area contributed by atoms with Crippen molar-refractivity contribution in [2.75, 3.05) is 33.3 Å². The van der Waals surface area contributed by atoms with Gasteiger partial charge in [0.2, 0.25) is 11.8 Å². The standard InChI is InChI=1S/C14H15N3O3/c1-16-9-14(19)17(10-13(16)18)5-6-20-12-4-2-3-11(7-12)8-15/h2-4,7H,5-6,9-10H2,1H3. The van der Waals surface area contributed by atoms with E-state index in [4.69, 9.17) is 10.00 Å². The number of nitrogens with zero attached hydrogens (tertiary/aromatic N) is 3. The molecule has 0 N–H and O–H groups in total. The maximum absolute atomic E-state index is 11.7. The van der Waals surface area contributed by atoms with Gasteiger partial charge in [-0.2, -0.15) is 5.26 Å². The fraction of sp³-hybridized carbons (Fsp3) is 0.357. The zero-order valence-corrected chi connectivity index (χ0v) is 11.2. The molecule has 104 valence electrons. The van der Waals surface area contributed by atoms with Gasteiger partial charge in [-0.25, -0.2) is 0 Å². The number of likely N-dealkylation sites (N-methyl/N-ethyl adjacent to an activating group) is 1. The molecule has 2 rings (SSSR count). The van der Waals surface area contributed by atoms with Crippen LogP contribution in [-0.2, 0) is 9.59 Å². The van der Waals surface area contributed by atoms with Crippen molar-refractivity contribution >= 4 is 11.8 Å². The van der Waals surface area contributed by atoms with Gasteiger partial charge in [0.1, 0.15) is 12.4 Å². The van der Waals surface area contributed by atoms with Crippen molar-refractivity contribution < 1.29 is 14.3 Å². The number of carbonyl (C=O) groups excluding carboxylic acids is 2. The van der Waals surface area contributed by atoms with Crippen LogP contribution in [0.4, 0.5) is 0 Å². The molecule has 6 nitrogen and oxygen atoms in total. The number of amides is 2. The molecule has 0 bridgehead atoms. The summed E-state index contributed by atoms with van der Waals surface area (Å²) >= 11 is 0. The largest absolute Gasteiger partial charge is 0.492 e. The van der Waals surface area contributed by atoms with E-state index in [0.717, 1.165) is 0 Å². The van der Waals surface area contributed by atoms with Gasteiger partial charge >= 0.3 is 0 Å². The molecule has 0 spiro atoms. The Bertz CT molecular complexity index is 565. The zero-order chi connectivity index (χ0) is 14.5. The highest BCUT2D eigenvalue weighted by atomic mass is 16.5. The summed E-state index contributed by atoms with van der Waals surface area (Å²) in [6, 6.07) is 8.84. The van der Waals surface area contributed by atoms with Gasteiger partial charge in [0, 0.05) is 7.05 Å². The van der Waals surface area contributed by atoms with Crippen LogP contribution >= 0.6 is 0 Å². The van der Waals surface area contributed by atoms with Crippen molar-refractivity contribution in [3.05, 3.63) is 29.8 Å². The van der Waals surface area contributed by atoms with Crippen molar-refractivity contribution in [1.29, 1.82) is 5.26 Å². The molecular weight excluding hydrogens is 258 g/mol. The Morgan fingerprint density at radius 2 is 2.10 bits per heavy atom. The first-order valence-electron chi connectivity index (χ1n) is 6.25. The van der Waals surface area contributed by atoms with Gasteiger partial charge in [0.05, 0.1) is 31.3 Å². The van der Waals surface area contributed by atoms with E-state index in [1.165, 1.54) is 9.80 Å². The summed E-state index contributed by atoms with van der Waals surface area (Å²) in [4.78, 5) is 26.1. The van der Waals surface area contributed by atoms with Gasteiger partial charge in [-0.3, -0.25) is 9.59 Å². The van der Waals surface area contributed by atoms with E-state index in [9.17, 15) is 9.59 Å². The van der Waals surface area contributed by atoms with Crippen molar-refractivity contribution in [3.8, 4) is 11.8 Å². The molecule has 0 unspecified atom stereocenters. The van der Waals surface area contributed by atoms with E-state index in [1.54, 1.807) is 31.3 Å². The van der Waals surface area contributed by atoms with Crippen LogP contribution in [-0.4, -0.2) is 54.9 Å². The molecule has 1 heterocycles. The fourth-order valence-corrected chi connectivity index (χ4v) is 1.90. The molecule has 1 aliphatic rings. The molecular formula is C14H15N3O3. The third kappa shape index (κ3) is 3.26. The number of benzene rings is 1. The second-order valence-corrected chi connectivity index (χ2v) is 4.55. The molecule has 0 radical (unpaired) electrons. The van der Waals surface area contributed by atoms with Crippen LogP contribution in [0.25, 0.3) is 0 Å². The van der Waals surface area contributed by atoms with Crippen molar-refractivity contribution in [1.82, 2.24) is 9.80 Å². The highest BCUT2D eigenvalue weighted by Gasteiger charge is 2.26. The molecule has 1 fully saturated rings. The summed E-state index contributed by atoms with van der Waals surface area (Å²) in [6.45, 7) is 0.854. The van der Waals surface area contributed by atoms with E-state index >= 15 is 0 Å². The van der Waals surface area contributed by atoms with E-state index in [2.05, 4.69) is 0 Å².